The molecule has 2 aromatic rings. The molecule has 0 unspecified atom stereocenters. The summed E-state index contributed by atoms with van der Waals surface area (Å²) in [5, 5.41) is 0. The Kier molecular flexibility index (Phi) is 4.44. The Morgan fingerprint density at radius 3 is 2.65 bits per heavy atom. The standard InChI is InChI=1S/C14H15BrN2O3/c1-9-6-13(18)17(14(16-9)20-3)8-10-7-11(19-2)4-5-12(10)15/h4-7H,8H2,1-3H3. The van der Waals surface area contributed by atoms with Crippen LogP contribution in [0.15, 0.2) is 33.5 Å². The zero-order chi connectivity index (χ0) is 14.7. The van der Waals surface area contributed by atoms with E-state index in [0.717, 1.165) is 15.8 Å². The molecule has 1 heterocycles. The van der Waals surface area contributed by atoms with Gasteiger partial charge < -0.3 is 9.47 Å². The Balaban J connectivity index is 2.47. The van der Waals surface area contributed by atoms with Gasteiger partial charge in [0.15, 0.2) is 0 Å². The fourth-order valence-corrected chi connectivity index (χ4v) is 2.24. The SMILES string of the molecule is COc1ccc(Br)c(Cn2c(OC)nc(C)cc2=O)c1. The van der Waals surface area contributed by atoms with Crippen LogP contribution in [0.4, 0.5) is 0 Å². The van der Waals surface area contributed by atoms with Crippen LogP contribution < -0.4 is 15.0 Å². The van der Waals surface area contributed by atoms with Crippen LogP contribution in [0.3, 0.4) is 0 Å². The second-order valence-corrected chi connectivity index (χ2v) is 5.12. The fourth-order valence-electron chi connectivity index (χ4n) is 1.87. The van der Waals surface area contributed by atoms with Gasteiger partial charge in [-0.3, -0.25) is 9.36 Å². The molecular weight excluding hydrogens is 324 g/mol. The summed E-state index contributed by atoms with van der Waals surface area (Å²) in [7, 11) is 3.10. The van der Waals surface area contributed by atoms with Crippen molar-refractivity contribution in [3.63, 3.8) is 0 Å². The summed E-state index contributed by atoms with van der Waals surface area (Å²) >= 11 is 3.47. The minimum atomic E-state index is -0.149. The monoisotopic (exact) mass is 338 g/mol. The van der Waals surface area contributed by atoms with Crippen molar-refractivity contribution in [2.75, 3.05) is 14.2 Å². The summed E-state index contributed by atoms with van der Waals surface area (Å²) in [4.78, 5) is 16.3. The van der Waals surface area contributed by atoms with Crippen LogP contribution in [0.2, 0.25) is 0 Å². The van der Waals surface area contributed by atoms with Crippen LogP contribution in [0.25, 0.3) is 0 Å². The van der Waals surface area contributed by atoms with Crippen molar-refractivity contribution in [3.05, 3.63) is 50.3 Å². The third kappa shape index (κ3) is 3.01. The van der Waals surface area contributed by atoms with Gasteiger partial charge in [0.25, 0.3) is 11.6 Å². The van der Waals surface area contributed by atoms with Crippen molar-refractivity contribution < 1.29 is 9.47 Å². The molecule has 0 aliphatic rings. The lowest BCUT2D eigenvalue weighted by Crippen LogP contribution is -2.23. The van der Waals surface area contributed by atoms with E-state index < -0.39 is 0 Å². The van der Waals surface area contributed by atoms with Gasteiger partial charge >= 0.3 is 0 Å². The molecule has 0 radical (unpaired) electrons. The smallest absolute Gasteiger partial charge is 0.299 e. The molecule has 0 aliphatic heterocycles. The lowest BCUT2D eigenvalue weighted by atomic mass is 10.2. The maximum atomic E-state index is 12.1. The van der Waals surface area contributed by atoms with Gasteiger partial charge in [0.1, 0.15) is 5.75 Å². The molecule has 1 aromatic heterocycles. The summed E-state index contributed by atoms with van der Waals surface area (Å²) in [6, 6.07) is 7.38. The molecule has 2 rings (SSSR count). The Morgan fingerprint density at radius 2 is 2.00 bits per heavy atom. The van der Waals surface area contributed by atoms with E-state index in [1.54, 1.807) is 14.0 Å². The first-order valence-corrected chi connectivity index (χ1v) is 6.79. The minimum Gasteiger partial charge on any atom is -0.497 e. The number of hydrogen-bond donors (Lipinski definition) is 0. The summed E-state index contributed by atoms with van der Waals surface area (Å²) in [5.74, 6) is 0.732. The zero-order valence-corrected chi connectivity index (χ0v) is 13.1. The Bertz CT molecular complexity index is 683. The molecular formula is C14H15BrN2O3. The van der Waals surface area contributed by atoms with Gasteiger partial charge in [-0.1, -0.05) is 15.9 Å². The number of halogens is 1. The molecule has 5 nitrogen and oxygen atoms in total. The molecule has 0 aliphatic carbocycles. The van der Waals surface area contributed by atoms with Crippen LogP contribution in [0.5, 0.6) is 11.8 Å². The second-order valence-electron chi connectivity index (χ2n) is 4.27. The average molecular weight is 339 g/mol. The molecule has 0 atom stereocenters. The molecule has 0 amide bonds. The predicted octanol–water partition coefficient (Wildman–Crippen LogP) is 2.38. The van der Waals surface area contributed by atoms with E-state index >= 15 is 0 Å². The first kappa shape index (κ1) is 14.6. The van der Waals surface area contributed by atoms with Crippen molar-refractivity contribution in [2.45, 2.75) is 13.5 Å². The molecule has 1 aromatic carbocycles. The zero-order valence-electron chi connectivity index (χ0n) is 11.5. The highest BCUT2D eigenvalue weighted by Gasteiger charge is 2.10. The number of benzene rings is 1. The third-order valence-corrected chi connectivity index (χ3v) is 3.64. The summed E-state index contributed by atoms with van der Waals surface area (Å²) < 4.78 is 12.8. The summed E-state index contributed by atoms with van der Waals surface area (Å²) in [5.41, 5.74) is 1.40. The Hall–Kier alpha value is -1.82. The molecule has 0 saturated carbocycles. The first-order chi connectivity index (χ1) is 9.55. The van der Waals surface area contributed by atoms with E-state index in [2.05, 4.69) is 20.9 Å². The maximum Gasteiger partial charge on any atom is 0.299 e. The van der Waals surface area contributed by atoms with Crippen molar-refractivity contribution in [2.24, 2.45) is 0 Å². The van der Waals surface area contributed by atoms with E-state index in [0.29, 0.717) is 18.2 Å². The predicted molar refractivity (Wildman–Crippen MR) is 79.6 cm³/mol. The van der Waals surface area contributed by atoms with Crippen molar-refractivity contribution in [1.29, 1.82) is 0 Å². The van der Waals surface area contributed by atoms with Gasteiger partial charge in [0.2, 0.25) is 0 Å². The number of methoxy groups -OCH3 is 2. The van der Waals surface area contributed by atoms with Crippen molar-refractivity contribution in [3.8, 4) is 11.8 Å². The summed E-state index contributed by atoms with van der Waals surface area (Å²) in [6.45, 7) is 2.11. The van der Waals surface area contributed by atoms with E-state index in [1.807, 2.05) is 18.2 Å². The molecule has 6 heteroatoms. The van der Waals surface area contributed by atoms with E-state index in [-0.39, 0.29) is 5.56 Å². The van der Waals surface area contributed by atoms with Gasteiger partial charge in [-0.2, -0.15) is 0 Å². The molecule has 106 valence electrons. The lowest BCUT2D eigenvalue weighted by Gasteiger charge is -2.13. The Morgan fingerprint density at radius 1 is 1.25 bits per heavy atom. The minimum absolute atomic E-state index is 0.149. The molecule has 0 bridgehead atoms. The number of aromatic nitrogens is 2. The van der Waals surface area contributed by atoms with E-state index in [1.165, 1.54) is 17.7 Å². The highest BCUT2D eigenvalue weighted by atomic mass is 79.9. The number of rotatable bonds is 4. The van der Waals surface area contributed by atoms with Crippen LogP contribution in [0, 0.1) is 6.92 Å². The normalized spacial score (nSPS) is 10.4. The highest BCUT2D eigenvalue weighted by Crippen LogP contribution is 2.23. The number of hydrogen-bond acceptors (Lipinski definition) is 4. The lowest BCUT2D eigenvalue weighted by molar-refractivity contribution is 0.349. The summed E-state index contributed by atoms with van der Waals surface area (Å²) in [6.07, 6.45) is 0. The van der Waals surface area contributed by atoms with Crippen LogP contribution in [-0.2, 0) is 6.54 Å². The van der Waals surface area contributed by atoms with Gasteiger partial charge in [-0.25, -0.2) is 4.98 Å². The van der Waals surface area contributed by atoms with Crippen LogP contribution >= 0.6 is 15.9 Å². The highest BCUT2D eigenvalue weighted by molar-refractivity contribution is 9.10. The second kappa shape index (κ2) is 6.09. The average Bonchev–Trinajstić information content (AvgIpc) is 2.43. The quantitative estimate of drug-likeness (QED) is 0.858. The Labute approximate surface area is 125 Å². The molecule has 0 saturated heterocycles. The van der Waals surface area contributed by atoms with Gasteiger partial charge in [0, 0.05) is 16.2 Å². The maximum absolute atomic E-state index is 12.1. The largest absolute Gasteiger partial charge is 0.497 e. The van der Waals surface area contributed by atoms with Gasteiger partial charge in [-0.15, -0.1) is 0 Å². The topological polar surface area (TPSA) is 53.4 Å². The van der Waals surface area contributed by atoms with Crippen molar-refractivity contribution >= 4 is 15.9 Å². The van der Waals surface area contributed by atoms with Gasteiger partial charge in [-0.05, 0) is 30.7 Å². The first-order valence-electron chi connectivity index (χ1n) is 6.00. The number of nitrogens with zero attached hydrogens (tertiary/aromatic N) is 2. The number of ether oxygens (including phenoxy) is 2. The fraction of sp³-hybridized carbons (Fsp3) is 0.286. The molecule has 0 N–H and O–H groups in total. The molecule has 0 spiro atoms. The third-order valence-electron chi connectivity index (χ3n) is 2.87. The van der Waals surface area contributed by atoms with Crippen molar-refractivity contribution in [1.82, 2.24) is 9.55 Å². The molecule has 20 heavy (non-hydrogen) atoms. The van der Waals surface area contributed by atoms with Gasteiger partial charge in [0.05, 0.1) is 20.8 Å². The van der Waals surface area contributed by atoms with E-state index in [4.69, 9.17) is 9.47 Å². The number of aryl methyl sites for hydroxylation is 1. The van der Waals surface area contributed by atoms with Crippen LogP contribution in [-0.4, -0.2) is 23.8 Å². The molecule has 0 fully saturated rings. The van der Waals surface area contributed by atoms with Crippen LogP contribution in [0.1, 0.15) is 11.3 Å². The van der Waals surface area contributed by atoms with E-state index in [9.17, 15) is 4.79 Å².